The summed E-state index contributed by atoms with van der Waals surface area (Å²) in [4.78, 5) is 4.65. The molecule has 9 nitrogen and oxygen atoms in total. The molecule has 1 aliphatic carbocycles. The third kappa shape index (κ3) is 3.77. The molecule has 0 unspecified atom stereocenters. The van der Waals surface area contributed by atoms with Crippen molar-refractivity contribution in [3.63, 3.8) is 0 Å². The van der Waals surface area contributed by atoms with Crippen molar-refractivity contribution in [2.24, 2.45) is 0 Å². The lowest BCUT2D eigenvalue weighted by Gasteiger charge is -2.33. The summed E-state index contributed by atoms with van der Waals surface area (Å²) in [5.41, 5.74) is 4.17. The molecule has 1 saturated carbocycles. The first kappa shape index (κ1) is 20.7. The number of aromatic nitrogens is 6. The number of nitrogens with one attached hydrogen (secondary N) is 1. The molecule has 0 saturated heterocycles. The van der Waals surface area contributed by atoms with Gasteiger partial charge in [0.25, 0.3) is 0 Å². The van der Waals surface area contributed by atoms with Crippen LogP contribution in [0.4, 0.5) is 5.95 Å². The fourth-order valence-electron chi connectivity index (χ4n) is 4.50. The zero-order valence-corrected chi connectivity index (χ0v) is 18.7. The van der Waals surface area contributed by atoms with Crippen molar-refractivity contribution in [3.8, 4) is 17.0 Å². The number of aryl methyl sites for hydroxylation is 1. The first-order valence-electron chi connectivity index (χ1n) is 11.2. The standard InChI is InChI=1S/C23H29N7O2/c1-4-12-29-19-14-15(5-6-18(19)26-28-29)17-9-13-30-20(17)21(32-3)25-22(27-30)24-16-7-10-23(2,31)11-8-16/h5-6,9,13-14,16,31H,4,7-8,10-12H2,1-3H3,(H,24,27). The number of rotatable bonds is 6. The van der Waals surface area contributed by atoms with Crippen molar-refractivity contribution in [3.05, 3.63) is 30.5 Å². The van der Waals surface area contributed by atoms with Gasteiger partial charge >= 0.3 is 0 Å². The Morgan fingerprint density at radius 2 is 2.06 bits per heavy atom. The van der Waals surface area contributed by atoms with Crippen molar-refractivity contribution >= 4 is 22.5 Å². The van der Waals surface area contributed by atoms with Crippen LogP contribution in [-0.4, -0.2) is 53.5 Å². The minimum Gasteiger partial charge on any atom is -0.479 e. The van der Waals surface area contributed by atoms with Crippen LogP contribution in [-0.2, 0) is 6.54 Å². The summed E-state index contributed by atoms with van der Waals surface area (Å²) >= 11 is 0. The monoisotopic (exact) mass is 435 g/mol. The third-order valence-corrected chi connectivity index (χ3v) is 6.33. The number of nitrogens with zero attached hydrogens (tertiary/aromatic N) is 6. The van der Waals surface area contributed by atoms with Gasteiger partial charge in [0.2, 0.25) is 11.8 Å². The van der Waals surface area contributed by atoms with Gasteiger partial charge < -0.3 is 15.2 Å². The zero-order chi connectivity index (χ0) is 22.3. The van der Waals surface area contributed by atoms with E-state index in [1.165, 1.54) is 0 Å². The molecule has 5 rings (SSSR count). The Kier molecular flexibility index (Phi) is 5.21. The second-order valence-corrected chi connectivity index (χ2v) is 8.90. The Labute approximate surface area is 186 Å². The Balaban J connectivity index is 1.49. The lowest BCUT2D eigenvalue weighted by Crippen LogP contribution is -2.36. The SMILES string of the molecule is CCCn1nnc2ccc(-c3ccn4nc(NC5CCC(C)(O)CC5)nc(OC)c34)cc21. The van der Waals surface area contributed by atoms with E-state index in [9.17, 15) is 5.11 Å². The summed E-state index contributed by atoms with van der Waals surface area (Å²) in [6.07, 6.45) is 6.22. The highest BCUT2D eigenvalue weighted by molar-refractivity contribution is 5.89. The van der Waals surface area contributed by atoms with Crippen molar-refractivity contribution in [1.29, 1.82) is 0 Å². The number of methoxy groups -OCH3 is 1. The van der Waals surface area contributed by atoms with E-state index in [2.05, 4.69) is 38.7 Å². The van der Waals surface area contributed by atoms with Crippen LogP contribution in [0.1, 0.15) is 46.0 Å². The fourth-order valence-corrected chi connectivity index (χ4v) is 4.50. The lowest BCUT2D eigenvalue weighted by molar-refractivity contribution is 0.0195. The first-order chi connectivity index (χ1) is 15.5. The van der Waals surface area contributed by atoms with Gasteiger partial charge in [0.15, 0.2) is 0 Å². The summed E-state index contributed by atoms with van der Waals surface area (Å²) in [6, 6.07) is 8.42. The van der Waals surface area contributed by atoms with Gasteiger partial charge in [-0.05, 0) is 62.8 Å². The molecular weight excluding hydrogens is 406 g/mol. The van der Waals surface area contributed by atoms with Gasteiger partial charge in [0.1, 0.15) is 11.0 Å². The number of hydrogen-bond donors (Lipinski definition) is 2. The second-order valence-electron chi connectivity index (χ2n) is 8.90. The van der Waals surface area contributed by atoms with E-state index in [1.54, 1.807) is 7.11 Å². The largest absolute Gasteiger partial charge is 0.479 e. The number of aliphatic hydroxyl groups is 1. The van der Waals surface area contributed by atoms with E-state index in [0.29, 0.717) is 11.8 Å². The van der Waals surface area contributed by atoms with Crippen LogP contribution in [0.25, 0.3) is 27.7 Å². The van der Waals surface area contributed by atoms with Crippen molar-refractivity contribution < 1.29 is 9.84 Å². The average Bonchev–Trinajstić information content (AvgIpc) is 3.39. The third-order valence-electron chi connectivity index (χ3n) is 6.33. The van der Waals surface area contributed by atoms with Crippen molar-refractivity contribution in [1.82, 2.24) is 29.6 Å². The van der Waals surface area contributed by atoms with Crippen LogP contribution in [0.3, 0.4) is 0 Å². The maximum absolute atomic E-state index is 10.2. The molecule has 3 aromatic heterocycles. The minimum atomic E-state index is -0.570. The van der Waals surface area contributed by atoms with Crippen LogP contribution in [0.15, 0.2) is 30.5 Å². The molecule has 1 aromatic carbocycles. The molecule has 2 N–H and O–H groups in total. The van der Waals surface area contributed by atoms with Crippen LogP contribution in [0.2, 0.25) is 0 Å². The Hall–Kier alpha value is -3.20. The molecule has 0 spiro atoms. The van der Waals surface area contributed by atoms with Gasteiger partial charge in [-0.25, -0.2) is 9.20 Å². The van der Waals surface area contributed by atoms with Crippen molar-refractivity contribution in [2.75, 3.05) is 12.4 Å². The predicted octanol–water partition coefficient (Wildman–Crippen LogP) is 3.67. The Morgan fingerprint density at radius 3 is 2.81 bits per heavy atom. The number of anilines is 1. The molecule has 4 aromatic rings. The summed E-state index contributed by atoms with van der Waals surface area (Å²) in [6.45, 7) is 4.86. The normalized spacial score (nSPS) is 21.3. The molecule has 0 bridgehead atoms. The molecule has 0 aliphatic heterocycles. The number of benzene rings is 1. The van der Waals surface area contributed by atoms with Gasteiger partial charge in [-0.1, -0.05) is 18.2 Å². The lowest BCUT2D eigenvalue weighted by atomic mass is 9.84. The average molecular weight is 436 g/mol. The topological polar surface area (TPSA) is 102 Å². The van der Waals surface area contributed by atoms with Crippen LogP contribution in [0, 0.1) is 0 Å². The molecule has 32 heavy (non-hydrogen) atoms. The highest BCUT2D eigenvalue weighted by atomic mass is 16.5. The van der Waals surface area contributed by atoms with E-state index in [-0.39, 0.29) is 6.04 Å². The van der Waals surface area contributed by atoms with E-state index in [4.69, 9.17) is 4.74 Å². The minimum absolute atomic E-state index is 0.237. The van der Waals surface area contributed by atoms with Crippen LogP contribution >= 0.6 is 0 Å². The van der Waals surface area contributed by atoms with E-state index in [1.807, 2.05) is 40.5 Å². The molecule has 9 heteroatoms. The molecule has 168 valence electrons. The van der Waals surface area contributed by atoms with Crippen molar-refractivity contribution in [2.45, 2.75) is 64.1 Å². The zero-order valence-electron chi connectivity index (χ0n) is 18.7. The van der Waals surface area contributed by atoms with Crippen LogP contribution in [0.5, 0.6) is 5.88 Å². The summed E-state index contributed by atoms with van der Waals surface area (Å²) < 4.78 is 9.42. The van der Waals surface area contributed by atoms with Gasteiger partial charge in [0, 0.05) is 24.3 Å². The maximum Gasteiger partial charge on any atom is 0.244 e. The maximum atomic E-state index is 10.2. The van der Waals surface area contributed by atoms with E-state index < -0.39 is 5.60 Å². The highest BCUT2D eigenvalue weighted by Gasteiger charge is 2.29. The summed E-state index contributed by atoms with van der Waals surface area (Å²) in [5, 5.41) is 26.8. The van der Waals surface area contributed by atoms with Gasteiger partial charge in [-0.2, -0.15) is 4.98 Å². The van der Waals surface area contributed by atoms with E-state index >= 15 is 0 Å². The summed E-state index contributed by atoms with van der Waals surface area (Å²) in [5.74, 6) is 1.05. The predicted molar refractivity (Wildman–Crippen MR) is 123 cm³/mol. The van der Waals surface area contributed by atoms with Gasteiger partial charge in [-0.15, -0.1) is 10.2 Å². The second kappa shape index (κ2) is 8.05. The Morgan fingerprint density at radius 1 is 1.25 bits per heavy atom. The van der Waals surface area contributed by atoms with Crippen LogP contribution < -0.4 is 10.1 Å². The fraction of sp³-hybridized carbons (Fsp3) is 0.478. The molecule has 0 atom stereocenters. The molecular formula is C23H29N7O2. The number of hydrogen-bond acceptors (Lipinski definition) is 7. The van der Waals surface area contributed by atoms with Gasteiger partial charge in [-0.3, -0.25) is 0 Å². The smallest absolute Gasteiger partial charge is 0.244 e. The number of fused-ring (bicyclic) bond motifs is 2. The highest BCUT2D eigenvalue weighted by Crippen LogP contribution is 2.34. The first-order valence-corrected chi connectivity index (χ1v) is 11.2. The molecule has 0 radical (unpaired) electrons. The quantitative estimate of drug-likeness (QED) is 0.476. The number of ether oxygens (including phenoxy) is 1. The van der Waals surface area contributed by atoms with E-state index in [0.717, 1.165) is 66.3 Å². The molecule has 0 amide bonds. The summed E-state index contributed by atoms with van der Waals surface area (Å²) in [7, 11) is 1.63. The Bertz CT molecular complexity index is 1250. The molecule has 3 heterocycles. The molecule has 1 aliphatic rings. The van der Waals surface area contributed by atoms with Gasteiger partial charge in [0.05, 0.1) is 18.2 Å². The molecule has 1 fully saturated rings.